The summed E-state index contributed by atoms with van der Waals surface area (Å²) in [5, 5.41) is 0. The SMILES string of the molecule is COCCC1(C=O)CCCS1. The molecule has 1 aliphatic heterocycles. The molecule has 0 amide bonds. The highest BCUT2D eigenvalue weighted by atomic mass is 32.2. The monoisotopic (exact) mass is 174 g/mol. The van der Waals surface area contributed by atoms with Crippen molar-refractivity contribution in [2.75, 3.05) is 19.5 Å². The molecule has 0 saturated carbocycles. The summed E-state index contributed by atoms with van der Waals surface area (Å²) in [5.41, 5.74) is 0. The molecule has 64 valence electrons. The molecule has 1 atom stereocenters. The Balaban J connectivity index is 2.39. The van der Waals surface area contributed by atoms with Crippen molar-refractivity contribution in [3.8, 4) is 0 Å². The first kappa shape index (κ1) is 9.07. The molecule has 0 N–H and O–H groups in total. The number of hydrogen-bond acceptors (Lipinski definition) is 3. The normalized spacial score (nSPS) is 30.6. The van der Waals surface area contributed by atoms with E-state index in [1.807, 2.05) is 0 Å². The molecule has 3 heteroatoms. The van der Waals surface area contributed by atoms with Crippen LogP contribution in [0.2, 0.25) is 0 Å². The number of hydrogen-bond donors (Lipinski definition) is 0. The maximum Gasteiger partial charge on any atom is 0.136 e. The van der Waals surface area contributed by atoms with Gasteiger partial charge in [-0.2, -0.15) is 0 Å². The Labute approximate surface area is 71.7 Å². The van der Waals surface area contributed by atoms with Gasteiger partial charge in [-0.1, -0.05) is 0 Å². The first-order valence-corrected chi connectivity index (χ1v) is 4.91. The van der Waals surface area contributed by atoms with Gasteiger partial charge < -0.3 is 9.53 Å². The lowest BCUT2D eigenvalue weighted by Gasteiger charge is -2.19. The average Bonchev–Trinajstić information content (AvgIpc) is 2.50. The number of ether oxygens (including phenoxy) is 1. The summed E-state index contributed by atoms with van der Waals surface area (Å²) in [5.74, 6) is 1.13. The van der Waals surface area contributed by atoms with Gasteiger partial charge in [0.15, 0.2) is 0 Å². The van der Waals surface area contributed by atoms with Gasteiger partial charge in [0.2, 0.25) is 0 Å². The second-order valence-corrected chi connectivity index (χ2v) is 4.39. The largest absolute Gasteiger partial charge is 0.385 e. The topological polar surface area (TPSA) is 26.3 Å². The van der Waals surface area contributed by atoms with Crippen LogP contribution in [0.25, 0.3) is 0 Å². The van der Waals surface area contributed by atoms with Crippen LogP contribution in [0.4, 0.5) is 0 Å². The second kappa shape index (κ2) is 4.12. The van der Waals surface area contributed by atoms with Crippen LogP contribution < -0.4 is 0 Å². The van der Waals surface area contributed by atoms with Crippen molar-refractivity contribution >= 4 is 18.0 Å². The Morgan fingerprint density at radius 1 is 1.73 bits per heavy atom. The molecule has 1 heterocycles. The molecule has 0 aromatic heterocycles. The van der Waals surface area contributed by atoms with Gasteiger partial charge in [-0.05, 0) is 25.0 Å². The summed E-state index contributed by atoms with van der Waals surface area (Å²) in [6.45, 7) is 0.700. The number of methoxy groups -OCH3 is 1. The summed E-state index contributed by atoms with van der Waals surface area (Å²) in [7, 11) is 1.68. The van der Waals surface area contributed by atoms with Crippen LogP contribution in [0.15, 0.2) is 0 Å². The standard InChI is InChI=1S/C8H14O2S/c1-10-5-4-8(7-9)3-2-6-11-8/h7H,2-6H2,1H3. The van der Waals surface area contributed by atoms with E-state index in [1.165, 1.54) is 6.42 Å². The summed E-state index contributed by atoms with van der Waals surface area (Å²) in [6.07, 6.45) is 4.18. The zero-order valence-electron chi connectivity index (χ0n) is 6.84. The predicted octanol–water partition coefficient (Wildman–Crippen LogP) is 1.49. The molecule has 0 aromatic carbocycles. The number of rotatable bonds is 4. The van der Waals surface area contributed by atoms with Crippen LogP contribution in [0.1, 0.15) is 19.3 Å². The smallest absolute Gasteiger partial charge is 0.136 e. The van der Waals surface area contributed by atoms with Gasteiger partial charge >= 0.3 is 0 Å². The molecule has 1 saturated heterocycles. The lowest BCUT2D eigenvalue weighted by molar-refractivity contribution is -0.110. The third-order valence-electron chi connectivity index (χ3n) is 2.08. The van der Waals surface area contributed by atoms with Crippen LogP contribution >= 0.6 is 11.8 Å². The van der Waals surface area contributed by atoms with Crippen molar-refractivity contribution in [2.24, 2.45) is 0 Å². The molecule has 0 aliphatic carbocycles. The first-order valence-electron chi connectivity index (χ1n) is 3.92. The quantitative estimate of drug-likeness (QED) is 0.604. The van der Waals surface area contributed by atoms with Crippen molar-refractivity contribution in [1.82, 2.24) is 0 Å². The Bertz CT molecular complexity index is 130. The van der Waals surface area contributed by atoms with Gasteiger partial charge in [0, 0.05) is 13.7 Å². The molecule has 2 nitrogen and oxygen atoms in total. The van der Waals surface area contributed by atoms with Gasteiger partial charge in [0.1, 0.15) is 6.29 Å². The number of carbonyl (C=O) groups is 1. The Morgan fingerprint density at radius 2 is 2.55 bits per heavy atom. The van der Waals surface area contributed by atoms with E-state index in [1.54, 1.807) is 18.9 Å². The minimum absolute atomic E-state index is 0.101. The first-order chi connectivity index (χ1) is 5.33. The predicted molar refractivity (Wildman–Crippen MR) is 47.0 cm³/mol. The summed E-state index contributed by atoms with van der Waals surface area (Å²) >= 11 is 1.78. The van der Waals surface area contributed by atoms with Crippen molar-refractivity contribution in [3.63, 3.8) is 0 Å². The van der Waals surface area contributed by atoms with Crippen LogP contribution in [0.3, 0.4) is 0 Å². The molecule has 0 bridgehead atoms. The zero-order valence-corrected chi connectivity index (χ0v) is 7.65. The molecular formula is C8H14O2S. The highest BCUT2D eigenvalue weighted by molar-refractivity contribution is 8.01. The van der Waals surface area contributed by atoms with Crippen molar-refractivity contribution < 1.29 is 9.53 Å². The summed E-state index contributed by atoms with van der Waals surface area (Å²) in [6, 6.07) is 0. The fourth-order valence-electron chi connectivity index (χ4n) is 1.34. The van der Waals surface area contributed by atoms with Crippen molar-refractivity contribution in [1.29, 1.82) is 0 Å². The van der Waals surface area contributed by atoms with Gasteiger partial charge in [-0.15, -0.1) is 11.8 Å². The summed E-state index contributed by atoms with van der Waals surface area (Å²) < 4.78 is 4.86. The minimum Gasteiger partial charge on any atom is -0.385 e. The maximum atomic E-state index is 10.8. The molecule has 0 spiro atoms. The molecule has 1 unspecified atom stereocenters. The van der Waals surface area contributed by atoms with E-state index < -0.39 is 0 Å². The molecular weight excluding hydrogens is 160 g/mol. The minimum atomic E-state index is -0.101. The van der Waals surface area contributed by atoms with Gasteiger partial charge in [0.05, 0.1) is 4.75 Å². The lowest BCUT2D eigenvalue weighted by Crippen LogP contribution is -2.24. The maximum absolute atomic E-state index is 10.8. The van der Waals surface area contributed by atoms with E-state index in [2.05, 4.69) is 0 Å². The van der Waals surface area contributed by atoms with E-state index >= 15 is 0 Å². The summed E-state index contributed by atoms with van der Waals surface area (Å²) in [4.78, 5) is 10.8. The van der Waals surface area contributed by atoms with E-state index in [-0.39, 0.29) is 4.75 Å². The highest BCUT2D eigenvalue weighted by Crippen LogP contribution is 2.38. The Kier molecular flexibility index (Phi) is 3.40. The zero-order chi connectivity index (χ0) is 8.16. The van der Waals surface area contributed by atoms with E-state index in [0.717, 1.165) is 24.9 Å². The second-order valence-electron chi connectivity index (χ2n) is 2.88. The third kappa shape index (κ3) is 2.20. The Morgan fingerprint density at radius 3 is 3.00 bits per heavy atom. The van der Waals surface area contributed by atoms with Crippen molar-refractivity contribution in [2.45, 2.75) is 24.0 Å². The van der Waals surface area contributed by atoms with Crippen molar-refractivity contribution in [3.05, 3.63) is 0 Å². The van der Waals surface area contributed by atoms with Crippen LogP contribution in [-0.2, 0) is 9.53 Å². The molecule has 0 radical (unpaired) electrons. The fourth-order valence-corrected chi connectivity index (χ4v) is 2.62. The van der Waals surface area contributed by atoms with E-state index in [0.29, 0.717) is 6.61 Å². The van der Waals surface area contributed by atoms with E-state index in [4.69, 9.17) is 4.74 Å². The van der Waals surface area contributed by atoms with Gasteiger partial charge in [0.25, 0.3) is 0 Å². The van der Waals surface area contributed by atoms with Gasteiger partial charge in [-0.25, -0.2) is 0 Å². The molecule has 1 fully saturated rings. The van der Waals surface area contributed by atoms with Crippen LogP contribution in [0, 0.1) is 0 Å². The fraction of sp³-hybridized carbons (Fsp3) is 0.875. The lowest BCUT2D eigenvalue weighted by atomic mass is 10.0. The van der Waals surface area contributed by atoms with Crippen LogP contribution in [0.5, 0.6) is 0 Å². The molecule has 1 aliphatic rings. The molecule has 1 rings (SSSR count). The molecule has 11 heavy (non-hydrogen) atoms. The van der Waals surface area contributed by atoms with Crippen LogP contribution in [-0.4, -0.2) is 30.5 Å². The Hall–Kier alpha value is -0.0200. The average molecular weight is 174 g/mol. The molecule has 0 aromatic rings. The van der Waals surface area contributed by atoms with Gasteiger partial charge in [-0.3, -0.25) is 0 Å². The number of thioether (sulfide) groups is 1. The number of aldehydes is 1. The third-order valence-corrected chi connectivity index (χ3v) is 3.65. The highest BCUT2D eigenvalue weighted by Gasteiger charge is 2.33. The number of carbonyl (C=O) groups excluding carboxylic acids is 1. The van der Waals surface area contributed by atoms with E-state index in [9.17, 15) is 4.79 Å².